The van der Waals surface area contributed by atoms with E-state index in [0.29, 0.717) is 0 Å². The number of carbonyl (C=O) groups excluding carboxylic acids is 2. The van der Waals surface area contributed by atoms with Gasteiger partial charge in [-0.2, -0.15) is 0 Å². The second-order valence-electron chi connectivity index (χ2n) is 5.60. The largest absolute Gasteiger partial charge is 0.455 e. The van der Waals surface area contributed by atoms with Crippen LogP contribution in [-0.4, -0.2) is 23.5 Å². The van der Waals surface area contributed by atoms with E-state index in [4.69, 9.17) is 4.74 Å². The van der Waals surface area contributed by atoms with Crippen molar-refractivity contribution in [2.24, 2.45) is 0 Å². The number of amides is 1. The Labute approximate surface area is 143 Å². The fourth-order valence-corrected chi connectivity index (χ4v) is 2.48. The average molecular weight is 340 g/mol. The molecule has 2 aromatic carbocycles. The molecule has 1 aromatic heterocycles. The lowest BCUT2D eigenvalue weighted by Gasteiger charge is -2.06. The molecule has 0 fully saturated rings. The van der Waals surface area contributed by atoms with E-state index < -0.39 is 11.9 Å². The van der Waals surface area contributed by atoms with E-state index in [1.807, 2.05) is 24.3 Å². The molecule has 0 saturated carbocycles. The lowest BCUT2D eigenvalue weighted by Crippen LogP contribution is -2.28. The summed E-state index contributed by atoms with van der Waals surface area (Å²) in [6, 6.07) is 13.5. The molecule has 1 amide bonds. The summed E-state index contributed by atoms with van der Waals surface area (Å²) in [7, 11) is 0. The first-order chi connectivity index (χ1) is 12.1. The van der Waals surface area contributed by atoms with Crippen molar-refractivity contribution in [2.75, 3.05) is 6.61 Å². The molecule has 0 bridgehead atoms. The van der Waals surface area contributed by atoms with Crippen LogP contribution < -0.4 is 5.32 Å². The molecular formula is C19H17FN2O3. The molecule has 0 aliphatic rings. The van der Waals surface area contributed by atoms with Gasteiger partial charge in [-0.15, -0.1) is 0 Å². The number of aromatic amines is 1. The second kappa shape index (κ2) is 7.61. The Hall–Kier alpha value is -3.15. The highest BCUT2D eigenvalue weighted by atomic mass is 19.1. The lowest BCUT2D eigenvalue weighted by molar-refractivity contribution is -0.147. The number of rotatable bonds is 6. The van der Waals surface area contributed by atoms with Crippen LogP contribution in [0.2, 0.25) is 0 Å². The molecule has 25 heavy (non-hydrogen) atoms. The van der Waals surface area contributed by atoms with Gasteiger partial charge in [0.25, 0.3) is 5.91 Å². The zero-order valence-electron chi connectivity index (χ0n) is 13.4. The minimum atomic E-state index is -0.471. The summed E-state index contributed by atoms with van der Waals surface area (Å²) in [5.74, 6) is -1.21. The molecule has 3 aromatic rings. The first-order valence-corrected chi connectivity index (χ1v) is 7.83. The molecule has 3 rings (SSSR count). The molecule has 5 nitrogen and oxygen atoms in total. The molecule has 6 heteroatoms. The third kappa shape index (κ3) is 4.44. The molecular weight excluding hydrogens is 323 g/mol. The third-order valence-corrected chi connectivity index (χ3v) is 3.78. The molecule has 1 heterocycles. The summed E-state index contributed by atoms with van der Waals surface area (Å²) in [6.07, 6.45) is 1.86. The Morgan fingerprint density at radius 1 is 1.08 bits per heavy atom. The predicted octanol–water partition coefficient (Wildman–Crippen LogP) is 2.71. The summed E-state index contributed by atoms with van der Waals surface area (Å²) in [6.45, 7) is -0.0957. The van der Waals surface area contributed by atoms with Crippen molar-refractivity contribution in [1.29, 1.82) is 0 Å². The lowest BCUT2D eigenvalue weighted by atomic mass is 10.1. The average Bonchev–Trinajstić information content (AvgIpc) is 3.02. The van der Waals surface area contributed by atoms with Crippen molar-refractivity contribution in [3.63, 3.8) is 0 Å². The van der Waals surface area contributed by atoms with E-state index in [1.54, 1.807) is 18.3 Å². The van der Waals surface area contributed by atoms with Crippen molar-refractivity contribution in [3.05, 3.63) is 71.7 Å². The SMILES string of the molecule is O=C(COC(=O)Cc1c[nH]c2ccccc12)NCc1ccc(F)cc1. The first kappa shape index (κ1) is 16.7. The van der Waals surface area contributed by atoms with Crippen LogP contribution in [0.5, 0.6) is 0 Å². The van der Waals surface area contributed by atoms with Crippen molar-refractivity contribution in [1.82, 2.24) is 10.3 Å². The molecule has 0 atom stereocenters. The number of nitrogens with one attached hydrogen (secondary N) is 2. The summed E-state index contributed by atoms with van der Waals surface area (Å²) >= 11 is 0. The van der Waals surface area contributed by atoms with Crippen LogP contribution in [0.25, 0.3) is 10.9 Å². The quantitative estimate of drug-likeness (QED) is 0.678. The van der Waals surface area contributed by atoms with Crippen LogP contribution in [0.4, 0.5) is 4.39 Å². The first-order valence-electron chi connectivity index (χ1n) is 7.83. The van der Waals surface area contributed by atoms with Crippen molar-refractivity contribution in [3.8, 4) is 0 Å². The number of aromatic nitrogens is 1. The molecule has 128 valence electrons. The van der Waals surface area contributed by atoms with Gasteiger partial charge in [0.05, 0.1) is 6.42 Å². The van der Waals surface area contributed by atoms with Gasteiger partial charge in [0.15, 0.2) is 6.61 Å². The van der Waals surface area contributed by atoms with Crippen molar-refractivity contribution in [2.45, 2.75) is 13.0 Å². The number of para-hydroxylation sites is 1. The highest BCUT2D eigenvalue weighted by molar-refractivity contribution is 5.88. The number of hydrogen-bond acceptors (Lipinski definition) is 3. The maximum Gasteiger partial charge on any atom is 0.310 e. The van der Waals surface area contributed by atoms with Gasteiger partial charge in [-0.3, -0.25) is 9.59 Å². The smallest absolute Gasteiger partial charge is 0.310 e. The number of halogens is 1. The monoisotopic (exact) mass is 340 g/mol. The van der Waals surface area contributed by atoms with Crippen LogP contribution in [0.3, 0.4) is 0 Å². The number of fused-ring (bicyclic) bond motifs is 1. The molecule has 0 spiro atoms. The van der Waals surface area contributed by atoms with Gasteiger partial charge in [0.1, 0.15) is 5.82 Å². The van der Waals surface area contributed by atoms with E-state index in [-0.39, 0.29) is 25.4 Å². The van der Waals surface area contributed by atoms with Gasteiger partial charge in [-0.25, -0.2) is 4.39 Å². The minimum Gasteiger partial charge on any atom is -0.455 e. The second-order valence-corrected chi connectivity index (χ2v) is 5.60. The van der Waals surface area contributed by atoms with Gasteiger partial charge in [-0.1, -0.05) is 30.3 Å². The Morgan fingerprint density at radius 2 is 1.84 bits per heavy atom. The molecule has 0 aliphatic carbocycles. The molecule has 0 unspecified atom stereocenters. The summed E-state index contributed by atoms with van der Waals surface area (Å²) in [5, 5.41) is 3.58. The summed E-state index contributed by atoms with van der Waals surface area (Å²) < 4.78 is 17.8. The third-order valence-electron chi connectivity index (χ3n) is 3.78. The van der Waals surface area contributed by atoms with Crippen molar-refractivity contribution >= 4 is 22.8 Å². The zero-order chi connectivity index (χ0) is 17.6. The number of benzene rings is 2. The zero-order valence-corrected chi connectivity index (χ0v) is 13.4. The van der Waals surface area contributed by atoms with Crippen LogP contribution in [0, 0.1) is 5.82 Å². The molecule has 0 radical (unpaired) electrons. The van der Waals surface area contributed by atoms with Gasteiger partial charge in [0.2, 0.25) is 0 Å². The maximum atomic E-state index is 12.8. The number of esters is 1. The standard InChI is InChI=1S/C19H17FN2O3/c20-15-7-5-13(6-8-15)10-22-18(23)12-25-19(24)9-14-11-21-17-4-2-1-3-16(14)17/h1-8,11,21H,9-10,12H2,(H,22,23). The summed E-state index contributed by atoms with van der Waals surface area (Å²) in [5.41, 5.74) is 2.54. The van der Waals surface area contributed by atoms with E-state index in [2.05, 4.69) is 10.3 Å². The predicted molar refractivity (Wildman–Crippen MR) is 91.2 cm³/mol. The van der Waals surface area contributed by atoms with E-state index in [9.17, 15) is 14.0 Å². The van der Waals surface area contributed by atoms with Gasteiger partial charge >= 0.3 is 5.97 Å². The van der Waals surface area contributed by atoms with Crippen molar-refractivity contribution < 1.29 is 18.7 Å². The maximum absolute atomic E-state index is 12.8. The van der Waals surface area contributed by atoms with Gasteiger partial charge < -0.3 is 15.0 Å². The minimum absolute atomic E-state index is 0.0925. The van der Waals surface area contributed by atoms with E-state index >= 15 is 0 Å². The normalized spacial score (nSPS) is 10.6. The fraction of sp³-hybridized carbons (Fsp3) is 0.158. The van der Waals surface area contributed by atoms with Gasteiger partial charge in [-0.05, 0) is 29.3 Å². The van der Waals surface area contributed by atoms with Crippen LogP contribution in [0.15, 0.2) is 54.7 Å². The highest BCUT2D eigenvalue weighted by Crippen LogP contribution is 2.18. The van der Waals surface area contributed by atoms with E-state index in [0.717, 1.165) is 22.0 Å². The Kier molecular flexibility index (Phi) is 5.09. The number of hydrogen-bond donors (Lipinski definition) is 2. The topological polar surface area (TPSA) is 71.2 Å². The molecule has 0 saturated heterocycles. The number of carbonyl (C=O) groups is 2. The Bertz CT molecular complexity index is 887. The number of H-pyrrole nitrogens is 1. The van der Waals surface area contributed by atoms with Crippen LogP contribution in [0.1, 0.15) is 11.1 Å². The Morgan fingerprint density at radius 3 is 2.64 bits per heavy atom. The van der Waals surface area contributed by atoms with Crippen LogP contribution >= 0.6 is 0 Å². The molecule has 0 aliphatic heterocycles. The van der Waals surface area contributed by atoms with Crippen LogP contribution in [-0.2, 0) is 27.3 Å². The fourth-order valence-electron chi connectivity index (χ4n) is 2.48. The summed E-state index contributed by atoms with van der Waals surface area (Å²) in [4.78, 5) is 26.7. The highest BCUT2D eigenvalue weighted by Gasteiger charge is 2.11. The Balaban J connectivity index is 1.45. The van der Waals surface area contributed by atoms with Gasteiger partial charge in [0, 0.05) is 23.6 Å². The number of ether oxygens (including phenoxy) is 1. The molecule has 2 N–H and O–H groups in total. The van der Waals surface area contributed by atoms with E-state index in [1.165, 1.54) is 12.1 Å².